The molecule has 3 rings (SSSR count). The fourth-order valence-corrected chi connectivity index (χ4v) is 4.94. The summed E-state index contributed by atoms with van der Waals surface area (Å²) in [5.41, 5.74) is 0.932. The summed E-state index contributed by atoms with van der Waals surface area (Å²) in [5, 5.41) is 7.26. The first-order valence-electron chi connectivity index (χ1n) is 7.85. The third kappa shape index (κ3) is 4.44. The quantitative estimate of drug-likeness (QED) is 0.614. The average Bonchev–Trinajstić information content (AvgIpc) is 3.23. The van der Waals surface area contributed by atoms with Crippen LogP contribution in [0.5, 0.6) is 0 Å². The highest BCUT2D eigenvalue weighted by Gasteiger charge is 2.20. The molecule has 0 bridgehead atoms. The third-order valence-electron chi connectivity index (χ3n) is 3.70. The molecule has 1 fully saturated rings. The first kappa shape index (κ1) is 17.6. The molecule has 1 aliphatic heterocycles. The van der Waals surface area contributed by atoms with Crippen LogP contribution in [0.15, 0.2) is 34.7 Å². The lowest BCUT2D eigenvalue weighted by Crippen LogP contribution is -2.36. The van der Waals surface area contributed by atoms with Gasteiger partial charge in [-0.1, -0.05) is 41.3 Å². The van der Waals surface area contributed by atoms with Crippen molar-refractivity contribution in [3.8, 4) is 5.69 Å². The highest BCUT2D eigenvalue weighted by atomic mass is 32.2. The molecule has 1 aromatic heterocycles. The Morgan fingerprint density at radius 3 is 3.04 bits per heavy atom. The number of para-hydroxylation sites is 1. The Bertz CT molecular complexity index is 739. The van der Waals surface area contributed by atoms with Crippen LogP contribution >= 0.6 is 35.3 Å². The van der Waals surface area contributed by atoms with E-state index in [-0.39, 0.29) is 17.3 Å². The number of nitrogens with zero attached hydrogens (tertiary/aromatic N) is 2. The summed E-state index contributed by atoms with van der Waals surface area (Å²) in [6, 6.07) is 9.77. The molecule has 1 amide bonds. The number of carbonyl (C=O) groups excluding carboxylic acids is 1. The van der Waals surface area contributed by atoms with Gasteiger partial charge in [-0.3, -0.25) is 4.79 Å². The second-order valence-corrected chi connectivity index (χ2v) is 8.73. The Kier molecular flexibility index (Phi) is 6.04. The molecule has 1 aromatic carbocycles. The van der Waals surface area contributed by atoms with Gasteiger partial charge in [-0.05, 0) is 44.1 Å². The van der Waals surface area contributed by atoms with Gasteiger partial charge in [0.15, 0.2) is 8.29 Å². The van der Waals surface area contributed by atoms with Crippen LogP contribution in [0.1, 0.15) is 19.8 Å². The minimum absolute atomic E-state index is 0.00267. The van der Waals surface area contributed by atoms with Gasteiger partial charge in [-0.2, -0.15) is 0 Å². The molecule has 0 radical (unpaired) electrons. The van der Waals surface area contributed by atoms with Crippen molar-refractivity contribution in [2.75, 3.05) is 13.2 Å². The molecule has 1 saturated heterocycles. The molecule has 2 atom stereocenters. The molecule has 128 valence electrons. The van der Waals surface area contributed by atoms with Gasteiger partial charge >= 0.3 is 0 Å². The zero-order valence-corrected chi connectivity index (χ0v) is 15.8. The third-order valence-corrected chi connectivity index (χ3v) is 6.12. The molecule has 0 saturated carbocycles. The summed E-state index contributed by atoms with van der Waals surface area (Å²) in [7, 11) is 0. The summed E-state index contributed by atoms with van der Waals surface area (Å²) in [4.78, 5) is 12.2. The van der Waals surface area contributed by atoms with Crippen molar-refractivity contribution < 1.29 is 9.53 Å². The van der Waals surface area contributed by atoms with Gasteiger partial charge in [0.05, 0.1) is 17.0 Å². The van der Waals surface area contributed by atoms with Crippen molar-refractivity contribution in [2.24, 2.45) is 0 Å². The van der Waals surface area contributed by atoms with Crippen molar-refractivity contribution in [3.05, 3.63) is 34.3 Å². The Morgan fingerprint density at radius 1 is 1.54 bits per heavy atom. The lowest BCUT2D eigenvalue weighted by molar-refractivity contribution is -0.120. The second kappa shape index (κ2) is 8.24. The van der Waals surface area contributed by atoms with E-state index in [0.29, 0.717) is 10.5 Å². The van der Waals surface area contributed by atoms with E-state index < -0.39 is 0 Å². The number of rotatable bonds is 6. The van der Waals surface area contributed by atoms with E-state index >= 15 is 0 Å². The molecule has 2 aromatic rings. The normalized spacial score (nSPS) is 18.5. The van der Waals surface area contributed by atoms with Gasteiger partial charge in [-0.25, -0.2) is 4.68 Å². The number of ether oxygens (including phenoxy) is 1. The smallest absolute Gasteiger partial charge is 0.233 e. The molecule has 0 spiro atoms. The lowest BCUT2D eigenvalue weighted by Gasteiger charge is -2.13. The van der Waals surface area contributed by atoms with Crippen LogP contribution in [-0.2, 0) is 9.53 Å². The largest absolute Gasteiger partial charge is 0.376 e. The van der Waals surface area contributed by atoms with E-state index in [1.165, 1.54) is 23.1 Å². The molecule has 1 aliphatic rings. The molecule has 1 N–H and O–H groups in total. The first-order chi connectivity index (χ1) is 11.6. The van der Waals surface area contributed by atoms with Gasteiger partial charge in [-0.15, -0.1) is 5.10 Å². The fourth-order valence-electron chi connectivity index (χ4n) is 2.41. The number of thioether (sulfide) groups is 1. The van der Waals surface area contributed by atoms with Gasteiger partial charge in [0.1, 0.15) is 0 Å². The minimum atomic E-state index is -0.226. The Morgan fingerprint density at radius 2 is 2.33 bits per heavy atom. The number of amides is 1. The van der Waals surface area contributed by atoms with Gasteiger partial charge in [0, 0.05) is 13.2 Å². The molecule has 2 heterocycles. The number of benzene rings is 1. The highest BCUT2D eigenvalue weighted by molar-refractivity contribution is 8.02. The van der Waals surface area contributed by atoms with E-state index in [9.17, 15) is 4.79 Å². The lowest BCUT2D eigenvalue weighted by atomic mass is 10.2. The topological polar surface area (TPSA) is 56.2 Å². The van der Waals surface area contributed by atoms with E-state index in [2.05, 4.69) is 10.4 Å². The zero-order valence-electron chi connectivity index (χ0n) is 13.3. The van der Waals surface area contributed by atoms with E-state index in [4.69, 9.17) is 17.0 Å². The Balaban J connectivity index is 1.59. The zero-order chi connectivity index (χ0) is 16.9. The summed E-state index contributed by atoms with van der Waals surface area (Å²) < 4.78 is 8.73. The van der Waals surface area contributed by atoms with Crippen LogP contribution in [0, 0.1) is 3.95 Å². The predicted octanol–water partition coefficient (Wildman–Crippen LogP) is 3.44. The molecule has 8 heteroatoms. The van der Waals surface area contributed by atoms with Crippen LogP contribution in [0.3, 0.4) is 0 Å². The molecule has 5 nitrogen and oxygen atoms in total. The van der Waals surface area contributed by atoms with Crippen LogP contribution in [0.2, 0.25) is 0 Å². The van der Waals surface area contributed by atoms with Gasteiger partial charge in [0.2, 0.25) is 5.91 Å². The van der Waals surface area contributed by atoms with Crippen LogP contribution in [-0.4, -0.2) is 40.2 Å². The summed E-state index contributed by atoms with van der Waals surface area (Å²) in [6.07, 6.45) is 2.25. The number of nitrogens with one attached hydrogen (secondary N) is 1. The molecular formula is C16H19N3O2S3. The van der Waals surface area contributed by atoms with Crippen LogP contribution in [0.4, 0.5) is 0 Å². The predicted molar refractivity (Wildman–Crippen MR) is 99.6 cm³/mol. The number of carbonyl (C=O) groups is 1. The van der Waals surface area contributed by atoms with Crippen molar-refractivity contribution in [1.82, 2.24) is 15.1 Å². The maximum Gasteiger partial charge on any atom is 0.233 e. The monoisotopic (exact) mass is 381 g/mol. The molecule has 0 aliphatic carbocycles. The van der Waals surface area contributed by atoms with E-state index in [0.717, 1.165) is 29.5 Å². The van der Waals surface area contributed by atoms with Crippen molar-refractivity contribution in [2.45, 2.75) is 35.5 Å². The average molecular weight is 382 g/mol. The maximum atomic E-state index is 12.2. The summed E-state index contributed by atoms with van der Waals surface area (Å²) in [5.74, 6) is 0.00267. The van der Waals surface area contributed by atoms with Crippen molar-refractivity contribution in [3.63, 3.8) is 0 Å². The van der Waals surface area contributed by atoms with E-state index in [1.54, 1.807) is 4.68 Å². The Hall–Kier alpha value is -1.22. The summed E-state index contributed by atoms with van der Waals surface area (Å²) >= 11 is 8.24. The molecule has 24 heavy (non-hydrogen) atoms. The number of hydrogen-bond donors (Lipinski definition) is 1. The standard InChI is InChI=1S/C16H19N3O2S3/c1-11(14(20)17-10-13-8-5-9-21-13)23-15-18-19(16(22)24-15)12-6-3-2-4-7-12/h2-4,6-7,11,13H,5,8-10H2,1H3,(H,17,20)/t11-,13-/m1/s1. The first-order valence-corrected chi connectivity index (χ1v) is 9.95. The number of hydrogen-bond acceptors (Lipinski definition) is 6. The number of aromatic nitrogens is 2. The minimum Gasteiger partial charge on any atom is -0.376 e. The van der Waals surface area contributed by atoms with Crippen LogP contribution < -0.4 is 5.32 Å². The fraction of sp³-hybridized carbons (Fsp3) is 0.438. The Labute approximate surface area is 154 Å². The van der Waals surface area contributed by atoms with Gasteiger partial charge < -0.3 is 10.1 Å². The molecular weight excluding hydrogens is 362 g/mol. The van der Waals surface area contributed by atoms with Crippen LogP contribution in [0.25, 0.3) is 5.69 Å². The van der Waals surface area contributed by atoms with Crippen molar-refractivity contribution in [1.29, 1.82) is 0 Å². The summed E-state index contributed by atoms with van der Waals surface area (Å²) in [6.45, 7) is 3.26. The highest BCUT2D eigenvalue weighted by Crippen LogP contribution is 2.27. The van der Waals surface area contributed by atoms with Gasteiger partial charge in [0.25, 0.3) is 0 Å². The van der Waals surface area contributed by atoms with Crippen molar-refractivity contribution >= 4 is 41.2 Å². The second-order valence-electron chi connectivity index (χ2n) is 5.52. The SMILES string of the molecule is C[C@@H](Sc1nn(-c2ccccc2)c(=S)s1)C(=O)NC[C@H]1CCCO1. The van der Waals surface area contributed by atoms with E-state index in [1.807, 2.05) is 37.3 Å². The molecule has 0 unspecified atom stereocenters. The maximum absolute atomic E-state index is 12.2.